The minimum Gasteiger partial charge on any atom is -0.466 e. The van der Waals surface area contributed by atoms with Crippen LogP contribution in [0.3, 0.4) is 0 Å². The summed E-state index contributed by atoms with van der Waals surface area (Å²) in [6.07, 6.45) is 1.72. The van der Waals surface area contributed by atoms with Crippen LogP contribution >= 0.6 is 15.9 Å². The van der Waals surface area contributed by atoms with Gasteiger partial charge in [0.1, 0.15) is 0 Å². The van der Waals surface area contributed by atoms with Crippen molar-refractivity contribution in [3.63, 3.8) is 0 Å². The highest BCUT2D eigenvalue weighted by Crippen LogP contribution is 2.25. The third-order valence-electron chi connectivity index (χ3n) is 4.38. The Morgan fingerprint density at radius 1 is 1.46 bits per heavy atom. The summed E-state index contributed by atoms with van der Waals surface area (Å²) in [5, 5.41) is 2.96. The Morgan fingerprint density at radius 3 is 2.88 bits per heavy atom. The maximum atomic E-state index is 12.6. The molecule has 1 amide bonds. The van der Waals surface area contributed by atoms with Crippen LogP contribution in [-0.4, -0.2) is 42.5 Å². The fourth-order valence-electron chi connectivity index (χ4n) is 2.94. The molecule has 24 heavy (non-hydrogen) atoms. The molecule has 0 spiro atoms. The van der Waals surface area contributed by atoms with Gasteiger partial charge in [-0.3, -0.25) is 14.5 Å². The topological polar surface area (TPSA) is 58.6 Å². The number of rotatable bonds is 5. The third kappa shape index (κ3) is 4.80. The van der Waals surface area contributed by atoms with Crippen molar-refractivity contribution in [3.05, 3.63) is 28.2 Å². The largest absolute Gasteiger partial charge is 0.466 e. The van der Waals surface area contributed by atoms with E-state index in [-0.39, 0.29) is 23.8 Å². The summed E-state index contributed by atoms with van der Waals surface area (Å²) in [6, 6.07) is 5.53. The van der Waals surface area contributed by atoms with Crippen molar-refractivity contribution >= 4 is 33.5 Å². The maximum absolute atomic E-state index is 12.6. The molecule has 1 aliphatic rings. The zero-order valence-corrected chi connectivity index (χ0v) is 16.1. The Bertz CT molecular complexity index is 606. The van der Waals surface area contributed by atoms with Gasteiger partial charge in [-0.2, -0.15) is 0 Å². The highest BCUT2D eigenvalue weighted by atomic mass is 79.9. The van der Waals surface area contributed by atoms with E-state index in [4.69, 9.17) is 4.74 Å². The van der Waals surface area contributed by atoms with Crippen molar-refractivity contribution in [3.8, 4) is 0 Å². The van der Waals surface area contributed by atoms with Crippen LogP contribution in [0.4, 0.5) is 5.69 Å². The van der Waals surface area contributed by atoms with Crippen LogP contribution in [0.5, 0.6) is 0 Å². The summed E-state index contributed by atoms with van der Waals surface area (Å²) in [5.74, 6) is -0.361. The Morgan fingerprint density at radius 2 is 2.21 bits per heavy atom. The molecule has 1 fully saturated rings. The first-order valence-corrected chi connectivity index (χ1v) is 9.19. The van der Waals surface area contributed by atoms with Gasteiger partial charge in [0.15, 0.2) is 0 Å². The summed E-state index contributed by atoms with van der Waals surface area (Å²) in [7, 11) is 0. The number of ether oxygens (including phenoxy) is 1. The van der Waals surface area contributed by atoms with Crippen LogP contribution in [0.15, 0.2) is 22.7 Å². The minimum atomic E-state index is -0.296. The zero-order valence-electron chi connectivity index (χ0n) is 14.5. The molecule has 1 aliphatic heterocycles. The lowest BCUT2D eigenvalue weighted by Crippen LogP contribution is -2.48. The van der Waals surface area contributed by atoms with Crippen LogP contribution in [0.25, 0.3) is 0 Å². The summed E-state index contributed by atoms with van der Waals surface area (Å²) < 4.78 is 5.99. The summed E-state index contributed by atoms with van der Waals surface area (Å²) in [6.45, 7) is 7.48. The first kappa shape index (κ1) is 18.9. The SMILES string of the molecule is CCOC(=O)C1CCCN(C(C)C(=O)Nc2ccc(C)cc2Br)C1. The molecule has 5 nitrogen and oxygen atoms in total. The van der Waals surface area contributed by atoms with E-state index in [1.165, 1.54) is 0 Å². The summed E-state index contributed by atoms with van der Waals surface area (Å²) >= 11 is 3.48. The molecule has 1 aromatic carbocycles. The Balaban J connectivity index is 1.98. The number of carbonyl (C=O) groups is 2. The number of likely N-dealkylation sites (tertiary alicyclic amines) is 1. The number of nitrogens with zero attached hydrogens (tertiary/aromatic N) is 1. The number of nitrogens with one attached hydrogen (secondary N) is 1. The van der Waals surface area contributed by atoms with E-state index in [1.807, 2.05) is 39.0 Å². The first-order valence-electron chi connectivity index (χ1n) is 8.40. The number of amides is 1. The van der Waals surface area contributed by atoms with Gasteiger partial charge in [-0.15, -0.1) is 0 Å². The van der Waals surface area contributed by atoms with Crippen LogP contribution in [0.1, 0.15) is 32.3 Å². The van der Waals surface area contributed by atoms with Crippen LogP contribution in [-0.2, 0) is 14.3 Å². The van der Waals surface area contributed by atoms with E-state index < -0.39 is 0 Å². The molecule has 0 saturated carbocycles. The second kappa shape index (κ2) is 8.62. The van der Waals surface area contributed by atoms with E-state index in [9.17, 15) is 9.59 Å². The monoisotopic (exact) mass is 396 g/mol. The quantitative estimate of drug-likeness (QED) is 0.775. The Kier molecular flexibility index (Phi) is 6.80. The first-order chi connectivity index (χ1) is 11.4. The third-order valence-corrected chi connectivity index (χ3v) is 5.04. The van der Waals surface area contributed by atoms with Gasteiger partial charge in [-0.25, -0.2) is 0 Å². The van der Waals surface area contributed by atoms with E-state index in [0.29, 0.717) is 13.2 Å². The van der Waals surface area contributed by atoms with Gasteiger partial charge in [-0.05, 0) is 73.8 Å². The standard InChI is InChI=1S/C18H25BrN2O3/c1-4-24-18(23)14-6-5-9-21(11-14)13(3)17(22)20-16-8-7-12(2)10-15(16)19/h7-8,10,13-14H,4-6,9,11H2,1-3H3,(H,20,22). The molecule has 2 rings (SSSR count). The lowest BCUT2D eigenvalue weighted by atomic mass is 9.97. The van der Waals surface area contributed by atoms with Gasteiger partial charge in [0, 0.05) is 11.0 Å². The molecule has 132 valence electrons. The van der Waals surface area contributed by atoms with Crippen molar-refractivity contribution in [2.45, 2.75) is 39.7 Å². The minimum absolute atomic E-state index is 0.0657. The van der Waals surface area contributed by atoms with Crippen LogP contribution in [0, 0.1) is 12.8 Å². The molecule has 1 N–H and O–H groups in total. The normalized spacial score (nSPS) is 19.6. The second-order valence-corrected chi connectivity index (χ2v) is 7.09. The number of carbonyl (C=O) groups excluding carboxylic acids is 2. The molecule has 1 heterocycles. The number of hydrogen-bond donors (Lipinski definition) is 1. The number of piperidine rings is 1. The molecule has 1 saturated heterocycles. The number of aryl methyl sites for hydroxylation is 1. The number of hydrogen-bond acceptors (Lipinski definition) is 4. The van der Waals surface area contributed by atoms with Gasteiger partial charge in [0.2, 0.25) is 5.91 Å². The fourth-order valence-corrected chi connectivity index (χ4v) is 3.53. The van der Waals surface area contributed by atoms with Gasteiger partial charge >= 0.3 is 5.97 Å². The molecule has 0 aliphatic carbocycles. The van der Waals surface area contributed by atoms with Crippen molar-refractivity contribution in [1.29, 1.82) is 0 Å². The van der Waals surface area contributed by atoms with E-state index in [2.05, 4.69) is 26.1 Å². The number of anilines is 1. The Hall–Kier alpha value is -1.40. The van der Waals surface area contributed by atoms with Crippen LogP contribution < -0.4 is 5.32 Å². The van der Waals surface area contributed by atoms with Gasteiger partial charge in [0.05, 0.1) is 24.3 Å². The average Bonchev–Trinajstić information content (AvgIpc) is 2.57. The molecule has 2 unspecified atom stereocenters. The van der Waals surface area contributed by atoms with Gasteiger partial charge < -0.3 is 10.1 Å². The fraction of sp³-hybridized carbons (Fsp3) is 0.556. The molecule has 6 heteroatoms. The van der Waals surface area contributed by atoms with Crippen molar-refractivity contribution in [2.24, 2.45) is 5.92 Å². The van der Waals surface area contributed by atoms with Crippen molar-refractivity contribution in [1.82, 2.24) is 4.90 Å². The smallest absolute Gasteiger partial charge is 0.310 e. The van der Waals surface area contributed by atoms with Gasteiger partial charge in [-0.1, -0.05) is 6.07 Å². The maximum Gasteiger partial charge on any atom is 0.310 e. The molecule has 2 atom stereocenters. The van der Waals surface area contributed by atoms with Crippen LogP contribution in [0.2, 0.25) is 0 Å². The lowest BCUT2D eigenvalue weighted by molar-refractivity contribution is -0.150. The van der Waals surface area contributed by atoms with E-state index in [1.54, 1.807) is 0 Å². The number of esters is 1. The number of benzene rings is 1. The molecule has 0 aromatic heterocycles. The Labute approximate surface area is 151 Å². The summed E-state index contributed by atoms with van der Waals surface area (Å²) in [4.78, 5) is 26.6. The number of halogens is 1. The second-order valence-electron chi connectivity index (χ2n) is 6.23. The zero-order chi connectivity index (χ0) is 17.7. The average molecular weight is 397 g/mol. The van der Waals surface area contributed by atoms with Crippen molar-refractivity contribution in [2.75, 3.05) is 25.0 Å². The van der Waals surface area contributed by atoms with E-state index in [0.717, 1.165) is 35.1 Å². The summed E-state index contributed by atoms with van der Waals surface area (Å²) in [5.41, 5.74) is 1.89. The predicted octanol–water partition coefficient (Wildman–Crippen LogP) is 3.36. The molecule has 0 bridgehead atoms. The molecular weight excluding hydrogens is 372 g/mol. The highest BCUT2D eigenvalue weighted by molar-refractivity contribution is 9.10. The van der Waals surface area contributed by atoms with Gasteiger partial charge in [0.25, 0.3) is 0 Å². The van der Waals surface area contributed by atoms with E-state index >= 15 is 0 Å². The molecular formula is C18H25BrN2O3. The molecule has 1 aromatic rings. The molecule has 0 radical (unpaired) electrons. The highest BCUT2D eigenvalue weighted by Gasteiger charge is 2.31. The lowest BCUT2D eigenvalue weighted by Gasteiger charge is -2.35. The predicted molar refractivity (Wildman–Crippen MR) is 97.9 cm³/mol. The van der Waals surface area contributed by atoms with Crippen molar-refractivity contribution < 1.29 is 14.3 Å².